The Bertz CT molecular complexity index is 924. The van der Waals surface area contributed by atoms with Gasteiger partial charge in [-0.25, -0.2) is 4.99 Å². The molecule has 3 rings (SSSR count). The molecule has 0 saturated heterocycles. The quantitative estimate of drug-likeness (QED) is 0.404. The monoisotopic (exact) mass is 382 g/mol. The van der Waals surface area contributed by atoms with Crippen LogP contribution in [0.2, 0.25) is 0 Å². The van der Waals surface area contributed by atoms with Crippen molar-refractivity contribution < 1.29 is 9.84 Å². The van der Waals surface area contributed by atoms with Crippen LogP contribution in [0.15, 0.2) is 53.7 Å². The summed E-state index contributed by atoms with van der Waals surface area (Å²) in [6, 6.07) is 13.5. The van der Waals surface area contributed by atoms with Crippen LogP contribution < -0.4 is 15.4 Å². The van der Waals surface area contributed by atoms with Gasteiger partial charge < -0.3 is 20.5 Å². The predicted octanol–water partition coefficient (Wildman–Crippen LogP) is 1.53. The SMILES string of the molecule is CCNC(=NCc1nnc2ccccn12)NCC(O)COc1cccc(C)c1. The minimum atomic E-state index is -0.668. The maximum Gasteiger partial charge on any atom is 0.191 e. The topological polar surface area (TPSA) is 96.1 Å². The van der Waals surface area contributed by atoms with Gasteiger partial charge in [-0.3, -0.25) is 4.40 Å². The molecule has 8 nitrogen and oxygen atoms in total. The van der Waals surface area contributed by atoms with E-state index >= 15 is 0 Å². The number of guanidine groups is 1. The zero-order valence-electron chi connectivity index (χ0n) is 16.2. The second-order valence-electron chi connectivity index (χ2n) is 6.40. The molecule has 28 heavy (non-hydrogen) atoms. The van der Waals surface area contributed by atoms with Crippen molar-refractivity contribution in [3.63, 3.8) is 0 Å². The molecule has 0 spiro atoms. The molecule has 3 aromatic rings. The molecule has 1 aromatic carbocycles. The van der Waals surface area contributed by atoms with E-state index in [0.29, 0.717) is 25.6 Å². The summed E-state index contributed by atoms with van der Waals surface area (Å²) in [5, 5.41) is 24.8. The number of pyridine rings is 1. The van der Waals surface area contributed by atoms with Crippen molar-refractivity contribution in [1.29, 1.82) is 0 Å². The Balaban J connectivity index is 1.52. The van der Waals surface area contributed by atoms with Gasteiger partial charge >= 0.3 is 0 Å². The third-order valence-corrected chi connectivity index (χ3v) is 4.04. The number of hydrogen-bond acceptors (Lipinski definition) is 5. The highest BCUT2D eigenvalue weighted by Gasteiger charge is 2.08. The van der Waals surface area contributed by atoms with Gasteiger partial charge in [-0.05, 0) is 43.7 Å². The van der Waals surface area contributed by atoms with Gasteiger partial charge in [0.1, 0.15) is 25.0 Å². The number of nitrogens with zero attached hydrogens (tertiary/aromatic N) is 4. The molecule has 0 radical (unpaired) electrons. The van der Waals surface area contributed by atoms with Crippen LogP contribution >= 0.6 is 0 Å². The zero-order valence-corrected chi connectivity index (χ0v) is 16.2. The van der Waals surface area contributed by atoms with Crippen molar-refractivity contribution >= 4 is 11.6 Å². The van der Waals surface area contributed by atoms with Crippen LogP contribution in [0.3, 0.4) is 0 Å². The molecule has 148 valence electrons. The number of hydrogen-bond donors (Lipinski definition) is 3. The number of aliphatic imine (C=N–C) groups is 1. The number of fused-ring (bicyclic) bond motifs is 1. The standard InChI is InChI=1S/C20H26N6O2/c1-3-21-20(23-13-19-25-24-18-9-4-5-10-26(18)19)22-12-16(27)14-28-17-8-6-7-15(2)11-17/h4-11,16,27H,3,12-14H2,1-2H3,(H2,21,22,23). The number of aliphatic hydroxyl groups excluding tert-OH is 1. The first kappa shape index (κ1) is 19.6. The van der Waals surface area contributed by atoms with Gasteiger partial charge in [0.25, 0.3) is 0 Å². The lowest BCUT2D eigenvalue weighted by Gasteiger charge is -2.16. The highest BCUT2D eigenvalue weighted by Crippen LogP contribution is 2.12. The largest absolute Gasteiger partial charge is 0.491 e. The van der Waals surface area contributed by atoms with Crippen LogP contribution in [-0.2, 0) is 6.54 Å². The zero-order chi connectivity index (χ0) is 19.8. The first-order chi connectivity index (χ1) is 13.7. The number of ether oxygens (including phenoxy) is 1. The van der Waals surface area contributed by atoms with Crippen LogP contribution in [0.5, 0.6) is 5.75 Å². The number of rotatable bonds is 8. The molecule has 0 aliphatic rings. The summed E-state index contributed by atoms with van der Waals surface area (Å²) in [7, 11) is 0. The molecular weight excluding hydrogens is 356 g/mol. The molecule has 0 bridgehead atoms. The Labute approximate surface area is 164 Å². The van der Waals surface area contributed by atoms with Gasteiger partial charge in [0.05, 0.1) is 0 Å². The van der Waals surface area contributed by atoms with Crippen molar-refractivity contribution in [3.05, 3.63) is 60.0 Å². The van der Waals surface area contributed by atoms with Crippen molar-refractivity contribution in [2.75, 3.05) is 19.7 Å². The van der Waals surface area contributed by atoms with Gasteiger partial charge in [-0.1, -0.05) is 18.2 Å². The number of benzene rings is 1. The summed E-state index contributed by atoms with van der Waals surface area (Å²) >= 11 is 0. The van der Waals surface area contributed by atoms with E-state index in [2.05, 4.69) is 25.8 Å². The van der Waals surface area contributed by atoms with Crippen molar-refractivity contribution in [3.8, 4) is 5.75 Å². The van der Waals surface area contributed by atoms with E-state index in [1.54, 1.807) is 0 Å². The molecule has 8 heteroatoms. The first-order valence-corrected chi connectivity index (χ1v) is 9.34. The molecule has 2 heterocycles. The Kier molecular flexibility index (Phi) is 6.80. The summed E-state index contributed by atoms with van der Waals surface area (Å²) in [5.41, 5.74) is 1.90. The van der Waals surface area contributed by atoms with Crippen LogP contribution in [0.4, 0.5) is 0 Å². The van der Waals surface area contributed by atoms with Gasteiger partial charge in [-0.15, -0.1) is 10.2 Å². The second-order valence-corrected chi connectivity index (χ2v) is 6.40. The smallest absolute Gasteiger partial charge is 0.191 e. The predicted molar refractivity (Wildman–Crippen MR) is 108 cm³/mol. The maximum atomic E-state index is 10.2. The molecule has 0 saturated carbocycles. The van der Waals surface area contributed by atoms with E-state index in [-0.39, 0.29) is 6.61 Å². The molecule has 0 aliphatic heterocycles. The van der Waals surface area contributed by atoms with E-state index in [1.165, 1.54) is 0 Å². The minimum Gasteiger partial charge on any atom is -0.491 e. The summed E-state index contributed by atoms with van der Waals surface area (Å²) in [4.78, 5) is 4.53. The highest BCUT2D eigenvalue weighted by molar-refractivity contribution is 5.79. The second kappa shape index (κ2) is 9.70. The maximum absolute atomic E-state index is 10.2. The van der Waals surface area contributed by atoms with E-state index in [9.17, 15) is 5.11 Å². The average molecular weight is 382 g/mol. The van der Waals surface area contributed by atoms with Crippen molar-refractivity contribution in [1.82, 2.24) is 25.2 Å². The summed E-state index contributed by atoms with van der Waals surface area (Å²) < 4.78 is 7.54. The van der Waals surface area contributed by atoms with Crippen LogP contribution in [0.1, 0.15) is 18.3 Å². The highest BCUT2D eigenvalue weighted by atomic mass is 16.5. The Morgan fingerprint density at radius 3 is 2.93 bits per heavy atom. The van der Waals surface area contributed by atoms with E-state index < -0.39 is 6.10 Å². The number of aryl methyl sites for hydroxylation is 1. The summed E-state index contributed by atoms with van der Waals surface area (Å²) in [6.07, 6.45) is 1.24. The molecule has 1 atom stereocenters. The van der Waals surface area contributed by atoms with E-state index in [4.69, 9.17) is 4.74 Å². The lowest BCUT2D eigenvalue weighted by Crippen LogP contribution is -2.42. The van der Waals surface area contributed by atoms with Crippen molar-refractivity contribution in [2.45, 2.75) is 26.5 Å². The Morgan fingerprint density at radius 1 is 1.21 bits per heavy atom. The van der Waals surface area contributed by atoms with Crippen LogP contribution in [0, 0.1) is 6.92 Å². The lowest BCUT2D eigenvalue weighted by molar-refractivity contribution is 0.110. The molecule has 0 fully saturated rings. The summed E-state index contributed by atoms with van der Waals surface area (Å²) in [5.74, 6) is 2.10. The Hall–Kier alpha value is -3.13. The van der Waals surface area contributed by atoms with Gasteiger partial charge in [0.2, 0.25) is 0 Å². The minimum absolute atomic E-state index is 0.199. The molecule has 0 amide bonds. The number of aromatic nitrogens is 3. The number of nitrogens with one attached hydrogen (secondary N) is 2. The molecule has 0 aliphatic carbocycles. The van der Waals surface area contributed by atoms with Crippen LogP contribution in [0.25, 0.3) is 5.65 Å². The third kappa shape index (κ3) is 5.43. The summed E-state index contributed by atoms with van der Waals surface area (Å²) in [6.45, 7) is 5.59. The number of aliphatic hydroxyl groups is 1. The lowest BCUT2D eigenvalue weighted by atomic mass is 10.2. The third-order valence-electron chi connectivity index (χ3n) is 4.04. The molecule has 3 N–H and O–H groups in total. The van der Waals surface area contributed by atoms with Crippen molar-refractivity contribution in [2.24, 2.45) is 4.99 Å². The fourth-order valence-electron chi connectivity index (χ4n) is 2.66. The first-order valence-electron chi connectivity index (χ1n) is 9.34. The van der Waals surface area contributed by atoms with Crippen LogP contribution in [-0.4, -0.2) is 51.5 Å². The van der Waals surface area contributed by atoms with Gasteiger partial charge in [-0.2, -0.15) is 0 Å². The fraction of sp³-hybridized carbons (Fsp3) is 0.350. The van der Waals surface area contributed by atoms with Gasteiger partial charge in [0, 0.05) is 19.3 Å². The Morgan fingerprint density at radius 2 is 2.11 bits per heavy atom. The molecule has 1 unspecified atom stereocenters. The van der Waals surface area contributed by atoms with E-state index in [0.717, 1.165) is 22.8 Å². The van der Waals surface area contributed by atoms with Gasteiger partial charge in [0.15, 0.2) is 17.4 Å². The average Bonchev–Trinajstić information content (AvgIpc) is 3.12. The van der Waals surface area contributed by atoms with E-state index in [1.807, 2.05) is 66.9 Å². The molecule has 2 aromatic heterocycles. The normalized spacial score (nSPS) is 12.8. The fourth-order valence-corrected chi connectivity index (χ4v) is 2.66. The molecular formula is C20H26N6O2.